The lowest BCUT2D eigenvalue weighted by atomic mass is 9.78. The number of primary amides is 1. The largest absolute Gasteiger partial charge is 0.493 e. The summed E-state index contributed by atoms with van der Waals surface area (Å²) in [6.45, 7) is 1.74. The Hall–Kier alpha value is -2.04. The highest BCUT2D eigenvalue weighted by atomic mass is 16.5. The van der Waals surface area contributed by atoms with Gasteiger partial charge in [-0.2, -0.15) is 0 Å². The molecule has 0 saturated carbocycles. The molecule has 1 heterocycles. The molecule has 0 bridgehead atoms. The van der Waals surface area contributed by atoms with Gasteiger partial charge in [-0.05, 0) is 19.4 Å². The molecule has 0 aliphatic carbocycles. The second-order valence-corrected chi connectivity index (χ2v) is 4.75. The minimum Gasteiger partial charge on any atom is -0.493 e. The summed E-state index contributed by atoms with van der Waals surface area (Å²) in [5.74, 6) is -1.38. The topological polar surface area (TPSA) is 89.6 Å². The van der Waals surface area contributed by atoms with Crippen LogP contribution in [0, 0.1) is 5.41 Å². The van der Waals surface area contributed by atoms with Gasteiger partial charge in [-0.15, -0.1) is 0 Å². The lowest BCUT2D eigenvalue weighted by Crippen LogP contribution is -2.42. The van der Waals surface area contributed by atoms with Crippen molar-refractivity contribution >= 4 is 11.9 Å². The first-order valence-corrected chi connectivity index (χ1v) is 5.70. The minimum absolute atomic E-state index is 0.116. The number of hydrogen-bond acceptors (Lipinski definition) is 3. The van der Waals surface area contributed by atoms with Gasteiger partial charge in [0, 0.05) is 11.5 Å². The summed E-state index contributed by atoms with van der Waals surface area (Å²) >= 11 is 0. The summed E-state index contributed by atoms with van der Waals surface area (Å²) in [4.78, 5) is 22.6. The zero-order valence-electron chi connectivity index (χ0n) is 10.1. The van der Waals surface area contributed by atoms with Crippen LogP contribution in [-0.4, -0.2) is 23.6 Å². The third-order valence-corrected chi connectivity index (χ3v) is 3.47. The van der Waals surface area contributed by atoms with Crippen molar-refractivity contribution in [1.82, 2.24) is 0 Å². The van der Waals surface area contributed by atoms with E-state index >= 15 is 0 Å². The molecule has 0 fully saturated rings. The SMILES string of the molecule is CC(CC1COc2ccccc21)(C(N)=O)C(=O)O. The third kappa shape index (κ3) is 1.92. The van der Waals surface area contributed by atoms with Crippen LogP contribution in [0.25, 0.3) is 0 Å². The number of para-hydroxylation sites is 1. The molecule has 1 aromatic carbocycles. The molecule has 0 spiro atoms. The van der Waals surface area contributed by atoms with Crippen LogP contribution in [0.1, 0.15) is 24.8 Å². The average molecular weight is 249 g/mol. The molecule has 0 saturated heterocycles. The number of amides is 1. The lowest BCUT2D eigenvalue weighted by Gasteiger charge is -2.23. The maximum atomic E-state index is 11.4. The molecule has 1 amide bonds. The Labute approximate surface area is 105 Å². The van der Waals surface area contributed by atoms with Gasteiger partial charge in [0.1, 0.15) is 11.2 Å². The second kappa shape index (κ2) is 4.33. The van der Waals surface area contributed by atoms with Crippen LogP contribution in [0.5, 0.6) is 5.75 Å². The van der Waals surface area contributed by atoms with Crippen LogP contribution in [0.2, 0.25) is 0 Å². The van der Waals surface area contributed by atoms with Gasteiger partial charge in [0.2, 0.25) is 5.91 Å². The number of ether oxygens (including phenoxy) is 1. The van der Waals surface area contributed by atoms with Gasteiger partial charge in [-0.25, -0.2) is 0 Å². The molecule has 2 rings (SSSR count). The number of rotatable bonds is 4. The van der Waals surface area contributed by atoms with Crippen molar-refractivity contribution in [3.63, 3.8) is 0 Å². The molecule has 96 valence electrons. The fraction of sp³-hybridized carbons (Fsp3) is 0.385. The summed E-state index contributed by atoms with van der Waals surface area (Å²) in [5, 5.41) is 9.17. The molecule has 1 aliphatic heterocycles. The molecule has 5 nitrogen and oxygen atoms in total. The molecule has 18 heavy (non-hydrogen) atoms. The number of aliphatic carboxylic acids is 1. The summed E-state index contributed by atoms with van der Waals surface area (Å²) in [5.41, 5.74) is 4.58. The number of nitrogens with two attached hydrogens (primary N) is 1. The number of fused-ring (bicyclic) bond motifs is 1. The first-order chi connectivity index (χ1) is 8.45. The molecule has 2 unspecified atom stereocenters. The van der Waals surface area contributed by atoms with Crippen molar-refractivity contribution in [2.75, 3.05) is 6.61 Å². The van der Waals surface area contributed by atoms with Gasteiger partial charge >= 0.3 is 5.97 Å². The van der Waals surface area contributed by atoms with Crippen molar-refractivity contribution in [2.45, 2.75) is 19.3 Å². The zero-order valence-corrected chi connectivity index (χ0v) is 10.1. The third-order valence-electron chi connectivity index (χ3n) is 3.47. The van der Waals surface area contributed by atoms with Crippen LogP contribution in [-0.2, 0) is 9.59 Å². The monoisotopic (exact) mass is 249 g/mol. The van der Waals surface area contributed by atoms with E-state index in [0.29, 0.717) is 6.61 Å². The maximum absolute atomic E-state index is 11.4. The van der Waals surface area contributed by atoms with E-state index in [1.54, 1.807) is 0 Å². The molecule has 2 atom stereocenters. The molecule has 5 heteroatoms. The Balaban J connectivity index is 2.26. The molecular weight excluding hydrogens is 234 g/mol. The van der Waals surface area contributed by atoms with Crippen LogP contribution < -0.4 is 10.5 Å². The standard InChI is InChI=1S/C13H15NO4/c1-13(11(14)15,12(16)17)6-8-7-18-10-5-3-2-4-9(8)10/h2-5,8H,6-7H2,1H3,(H2,14,15)(H,16,17). The van der Waals surface area contributed by atoms with Crippen LogP contribution >= 0.6 is 0 Å². The lowest BCUT2D eigenvalue weighted by molar-refractivity contribution is -0.154. The summed E-state index contributed by atoms with van der Waals surface area (Å²) in [6, 6.07) is 7.43. The fourth-order valence-electron chi connectivity index (χ4n) is 2.18. The van der Waals surface area contributed by atoms with Gasteiger partial charge in [-0.3, -0.25) is 9.59 Å². The Kier molecular flexibility index (Phi) is 2.98. The zero-order chi connectivity index (χ0) is 13.3. The van der Waals surface area contributed by atoms with Gasteiger partial charge in [-0.1, -0.05) is 18.2 Å². The molecule has 3 N–H and O–H groups in total. The number of carboxylic acid groups (broad SMARTS) is 1. The molecule has 0 aromatic heterocycles. The fourth-order valence-corrected chi connectivity index (χ4v) is 2.18. The first kappa shape index (κ1) is 12.4. The number of benzene rings is 1. The quantitative estimate of drug-likeness (QED) is 0.783. The molecule has 1 aliphatic rings. The van der Waals surface area contributed by atoms with Gasteiger partial charge in [0.25, 0.3) is 0 Å². The van der Waals surface area contributed by atoms with Crippen LogP contribution in [0.4, 0.5) is 0 Å². The Bertz CT molecular complexity index is 484. The van der Waals surface area contributed by atoms with Crippen molar-refractivity contribution in [3.8, 4) is 5.75 Å². The summed E-state index contributed by atoms with van der Waals surface area (Å²) in [6.07, 6.45) is 0.147. The average Bonchev–Trinajstić information content (AvgIpc) is 2.72. The summed E-state index contributed by atoms with van der Waals surface area (Å²) in [7, 11) is 0. The number of hydrogen-bond donors (Lipinski definition) is 2. The molecule has 1 aromatic rings. The maximum Gasteiger partial charge on any atom is 0.318 e. The van der Waals surface area contributed by atoms with E-state index in [1.807, 2.05) is 24.3 Å². The van der Waals surface area contributed by atoms with E-state index in [1.165, 1.54) is 6.92 Å². The number of carboxylic acids is 1. The Morgan fingerprint density at radius 3 is 2.78 bits per heavy atom. The van der Waals surface area contributed by atoms with Crippen molar-refractivity contribution in [2.24, 2.45) is 11.1 Å². The van der Waals surface area contributed by atoms with Crippen molar-refractivity contribution in [1.29, 1.82) is 0 Å². The normalized spacial score (nSPS) is 20.6. The number of carbonyl (C=O) groups excluding carboxylic acids is 1. The highest BCUT2D eigenvalue weighted by Crippen LogP contribution is 2.40. The Morgan fingerprint density at radius 2 is 2.17 bits per heavy atom. The van der Waals surface area contributed by atoms with Gasteiger partial charge < -0.3 is 15.6 Å². The smallest absolute Gasteiger partial charge is 0.318 e. The highest BCUT2D eigenvalue weighted by molar-refractivity contribution is 6.00. The van der Waals surface area contributed by atoms with Crippen molar-refractivity contribution < 1.29 is 19.4 Å². The van der Waals surface area contributed by atoms with Crippen molar-refractivity contribution in [3.05, 3.63) is 29.8 Å². The number of carbonyl (C=O) groups is 2. The van der Waals surface area contributed by atoms with Crippen LogP contribution in [0.15, 0.2) is 24.3 Å². The first-order valence-electron chi connectivity index (χ1n) is 5.70. The van der Waals surface area contributed by atoms with E-state index in [-0.39, 0.29) is 12.3 Å². The molecular formula is C13H15NO4. The molecule has 0 radical (unpaired) electrons. The van der Waals surface area contributed by atoms with Gasteiger partial charge in [0.05, 0.1) is 6.61 Å². The van der Waals surface area contributed by atoms with Crippen LogP contribution in [0.3, 0.4) is 0 Å². The summed E-state index contributed by atoms with van der Waals surface area (Å²) < 4.78 is 5.47. The Morgan fingerprint density at radius 1 is 1.50 bits per heavy atom. The second-order valence-electron chi connectivity index (χ2n) is 4.75. The predicted octanol–water partition coefficient (Wildman–Crippen LogP) is 1.13. The van der Waals surface area contributed by atoms with E-state index in [9.17, 15) is 9.59 Å². The van der Waals surface area contributed by atoms with E-state index in [2.05, 4.69) is 0 Å². The van der Waals surface area contributed by atoms with E-state index < -0.39 is 17.3 Å². The highest BCUT2D eigenvalue weighted by Gasteiger charge is 2.43. The van der Waals surface area contributed by atoms with E-state index in [4.69, 9.17) is 15.6 Å². The van der Waals surface area contributed by atoms with Gasteiger partial charge in [0.15, 0.2) is 0 Å². The minimum atomic E-state index is -1.56. The van der Waals surface area contributed by atoms with E-state index in [0.717, 1.165) is 11.3 Å². The predicted molar refractivity (Wildman–Crippen MR) is 64.2 cm³/mol.